The van der Waals surface area contributed by atoms with Gasteiger partial charge in [-0.25, -0.2) is 0 Å². The van der Waals surface area contributed by atoms with Gasteiger partial charge in [-0.15, -0.1) is 0 Å². The number of amides is 2. The summed E-state index contributed by atoms with van der Waals surface area (Å²) < 4.78 is 0. The van der Waals surface area contributed by atoms with Crippen LogP contribution in [0.2, 0.25) is 0 Å². The molecule has 0 aliphatic carbocycles. The first kappa shape index (κ1) is 10.5. The fraction of sp³-hybridized carbons (Fsp3) is 0.750. The summed E-state index contributed by atoms with van der Waals surface area (Å²) in [5.74, 6) is 0.564. The zero-order valence-corrected chi connectivity index (χ0v) is 8.61. The Morgan fingerprint density at radius 2 is 2.38 bits per heavy atom. The lowest BCUT2D eigenvalue weighted by Crippen LogP contribution is -2.42. The molecule has 1 saturated heterocycles. The Hall–Kier alpha value is -0.550. The first-order valence-corrected chi connectivity index (χ1v) is 5.61. The van der Waals surface area contributed by atoms with E-state index in [1.807, 2.05) is 13.2 Å². The van der Waals surface area contributed by atoms with Crippen molar-refractivity contribution in [1.29, 1.82) is 0 Å². The van der Waals surface area contributed by atoms with Crippen LogP contribution < -0.4 is 10.6 Å². The molecule has 1 fully saturated rings. The number of hydrogen-bond donors (Lipinski definition) is 2. The summed E-state index contributed by atoms with van der Waals surface area (Å²) >= 11 is 1.72. The van der Waals surface area contributed by atoms with Crippen LogP contribution in [0.4, 0.5) is 0 Å². The van der Waals surface area contributed by atoms with Gasteiger partial charge in [0.05, 0.1) is 12.5 Å². The quantitative estimate of drug-likeness (QED) is 0.617. The summed E-state index contributed by atoms with van der Waals surface area (Å²) in [5.41, 5.74) is 0. The molecule has 0 spiro atoms. The molecule has 4 nitrogen and oxygen atoms in total. The van der Waals surface area contributed by atoms with Crippen molar-refractivity contribution in [3.8, 4) is 0 Å². The molecule has 0 bridgehead atoms. The van der Waals surface area contributed by atoms with Gasteiger partial charge in [0.1, 0.15) is 0 Å². The summed E-state index contributed by atoms with van der Waals surface area (Å²) in [6.07, 6.45) is 2.29. The zero-order chi connectivity index (χ0) is 9.84. The van der Waals surface area contributed by atoms with Crippen molar-refractivity contribution in [2.24, 2.45) is 0 Å². The van der Waals surface area contributed by atoms with Crippen molar-refractivity contribution >= 4 is 23.6 Å². The Balaban J connectivity index is 2.36. The molecule has 0 radical (unpaired) electrons. The zero-order valence-electron chi connectivity index (χ0n) is 7.79. The average Bonchev–Trinajstić information content (AvgIpc) is 2.30. The van der Waals surface area contributed by atoms with Crippen LogP contribution in [0.1, 0.15) is 13.3 Å². The molecule has 0 aromatic carbocycles. The fourth-order valence-corrected chi connectivity index (χ4v) is 1.93. The first-order valence-electron chi connectivity index (χ1n) is 4.22. The van der Waals surface area contributed by atoms with E-state index in [0.29, 0.717) is 0 Å². The Labute approximate surface area is 81.8 Å². The van der Waals surface area contributed by atoms with E-state index in [4.69, 9.17) is 0 Å². The van der Waals surface area contributed by atoms with Crippen molar-refractivity contribution < 1.29 is 9.59 Å². The van der Waals surface area contributed by atoms with Gasteiger partial charge in [-0.3, -0.25) is 14.9 Å². The number of thioether (sulfide) groups is 1. The van der Waals surface area contributed by atoms with E-state index >= 15 is 0 Å². The highest BCUT2D eigenvalue weighted by molar-refractivity contribution is 7.98. The molecule has 5 heteroatoms. The van der Waals surface area contributed by atoms with Crippen molar-refractivity contribution in [2.75, 3.05) is 12.0 Å². The Bertz CT molecular complexity index is 220. The minimum absolute atomic E-state index is 0.182. The number of nitrogens with one attached hydrogen (secondary N) is 2. The van der Waals surface area contributed by atoms with Crippen LogP contribution in [0.25, 0.3) is 0 Å². The summed E-state index contributed by atoms with van der Waals surface area (Å²) in [6.45, 7) is 2.01. The number of rotatable bonds is 4. The molecular weight excluding hydrogens is 188 g/mol. The molecular formula is C8H14N2O2S. The lowest BCUT2D eigenvalue weighted by molar-refractivity contribution is -0.125. The van der Waals surface area contributed by atoms with Gasteiger partial charge < -0.3 is 5.32 Å². The molecule has 13 heavy (non-hydrogen) atoms. The number of carbonyl (C=O) groups excluding carboxylic acids is 2. The molecule has 2 amide bonds. The molecule has 74 valence electrons. The summed E-state index contributed by atoms with van der Waals surface area (Å²) in [5, 5.41) is 5.37. The second kappa shape index (κ2) is 4.62. The van der Waals surface area contributed by atoms with Gasteiger partial charge in [0.2, 0.25) is 11.8 Å². The second-order valence-electron chi connectivity index (χ2n) is 3.19. The van der Waals surface area contributed by atoms with Crippen LogP contribution in [-0.2, 0) is 9.59 Å². The smallest absolute Gasteiger partial charge is 0.244 e. The normalized spacial score (nSPS) is 24.6. The molecule has 0 aromatic heterocycles. The molecule has 0 saturated carbocycles. The summed E-state index contributed by atoms with van der Waals surface area (Å²) in [4.78, 5) is 21.9. The van der Waals surface area contributed by atoms with E-state index in [1.165, 1.54) is 0 Å². The van der Waals surface area contributed by atoms with E-state index in [1.54, 1.807) is 11.8 Å². The van der Waals surface area contributed by atoms with Crippen LogP contribution in [0.15, 0.2) is 0 Å². The van der Waals surface area contributed by atoms with Gasteiger partial charge in [-0.05, 0) is 13.2 Å². The minimum Gasteiger partial charge on any atom is -0.302 e. The fourth-order valence-electron chi connectivity index (χ4n) is 1.33. The van der Waals surface area contributed by atoms with E-state index < -0.39 is 0 Å². The first-order chi connectivity index (χ1) is 6.13. The van der Waals surface area contributed by atoms with E-state index in [-0.39, 0.29) is 30.3 Å². The third kappa shape index (κ3) is 3.00. The minimum atomic E-state index is -0.324. The lowest BCUT2D eigenvalue weighted by Gasteiger charge is -2.15. The van der Waals surface area contributed by atoms with E-state index in [2.05, 4.69) is 10.6 Å². The van der Waals surface area contributed by atoms with Gasteiger partial charge in [-0.2, -0.15) is 11.8 Å². The highest BCUT2D eigenvalue weighted by Crippen LogP contribution is 2.04. The van der Waals surface area contributed by atoms with Crippen LogP contribution >= 0.6 is 11.8 Å². The topological polar surface area (TPSA) is 58.2 Å². The van der Waals surface area contributed by atoms with E-state index in [0.717, 1.165) is 5.75 Å². The lowest BCUT2D eigenvalue weighted by atomic mass is 10.2. The molecule has 1 rings (SSSR count). The van der Waals surface area contributed by atoms with Gasteiger partial charge in [0.15, 0.2) is 0 Å². The average molecular weight is 202 g/mol. The van der Waals surface area contributed by atoms with Crippen LogP contribution in [0.5, 0.6) is 0 Å². The number of carbonyl (C=O) groups is 2. The molecule has 2 unspecified atom stereocenters. The van der Waals surface area contributed by atoms with E-state index in [9.17, 15) is 9.59 Å². The van der Waals surface area contributed by atoms with Crippen molar-refractivity contribution in [1.82, 2.24) is 10.6 Å². The van der Waals surface area contributed by atoms with Crippen LogP contribution in [0, 0.1) is 0 Å². The third-order valence-electron chi connectivity index (χ3n) is 1.87. The second-order valence-corrected chi connectivity index (χ2v) is 4.10. The molecule has 0 aromatic rings. The Kier molecular flexibility index (Phi) is 3.74. The largest absolute Gasteiger partial charge is 0.302 e. The standard InChI is InChI=1S/C8H14N2O2S/c1-5(4-13-2)9-6-3-7(11)10-8(6)12/h5-6,9H,3-4H2,1-2H3,(H,10,11,12). The molecule has 2 N–H and O–H groups in total. The maximum Gasteiger partial charge on any atom is 0.244 e. The SMILES string of the molecule is CSCC(C)NC1CC(=O)NC1=O. The monoisotopic (exact) mass is 202 g/mol. The number of imide groups is 1. The Morgan fingerprint density at radius 1 is 1.69 bits per heavy atom. The van der Waals surface area contributed by atoms with Crippen molar-refractivity contribution in [3.63, 3.8) is 0 Å². The third-order valence-corrected chi connectivity index (χ3v) is 2.70. The Morgan fingerprint density at radius 3 is 2.85 bits per heavy atom. The summed E-state index contributed by atoms with van der Waals surface area (Å²) in [7, 11) is 0. The van der Waals surface area contributed by atoms with Crippen molar-refractivity contribution in [2.45, 2.75) is 25.4 Å². The highest BCUT2D eigenvalue weighted by Gasteiger charge is 2.30. The maximum absolute atomic E-state index is 11.1. The maximum atomic E-state index is 11.1. The predicted octanol–water partition coefficient (Wildman–Crippen LogP) is -0.257. The van der Waals surface area contributed by atoms with Crippen LogP contribution in [-0.4, -0.2) is 35.9 Å². The van der Waals surface area contributed by atoms with Gasteiger partial charge in [0.25, 0.3) is 0 Å². The van der Waals surface area contributed by atoms with Gasteiger partial charge in [0, 0.05) is 11.8 Å². The molecule has 2 atom stereocenters. The highest BCUT2D eigenvalue weighted by atomic mass is 32.2. The van der Waals surface area contributed by atoms with Gasteiger partial charge in [-0.1, -0.05) is 0 Å². The number of hydrogen-bond acceptors (Lipinski definition) is 4. The summed E-state index contributed by atoms with van der Waals surface area (Å²) in [6, 6.07) is -0.0636. The molecule has 1 aliphatic heterocycles. The molecule has 1 aliphatic rings. The molecule has 1 heterocycles. The predicted molar refractivity (Wildman–Crippen MR) is 52.5 cm³/mol. The van der Waals surface area contributed by atoms with Crippen LogP contribution in [0.3, 0.4) is 0 Å². The van der Waals surface area contributed by atoms with Crippen molar-refractivity contribution in [3.05, 3.63) is 0 Å². The van der Waals surface area contributed by atoms with Gasteiger partial charge >= 0.3 is 0 Å².